The molecule has 0 fully saturated rings. The molecule has 4 heteroatoms. The molecule has 0 bridgehead atoms. The van der Waals surface area contributed by atoms with Crippen LogP contribution in [0.25, 0.3) is 0 Å². The van der Waals surface area contributed by atoms with Crippen LogP contribution < -0.4 is 0 Å². The molecule has 0 aliphatic heterocycles. The van der Waals surface area contributed by atoms with Gasteiger partial charge in [0.2, 0.25) is 0 Å². The molecule has 68 valence electrons. The van der Waals surface area contributed by atoms with E-state index in [1.54, 1.807) is 27.7 Å². The monoisotopic (exact) mass is 162 g/mol. The van der Waals surface area contributed by atoms with Crippen molar-refractivity contribution in [3.63, 3.8) is 0 Å². The third kappa shape index (κ3) is 5.12. The molecule has 2 N–H and O–H groups in total. The van der Waals surface area contributed by atoms with Gasteiger partial charge in [-0.25, -0.2) is 0 Å². The van der Waals surface area contributed by atoms with Crippen LogP contribution in [-0.2, 0) is 4.65 Å². The van der Waals surface area contributed by atoms with Crippen molar-refractivity contribution < 1.29 is 14.7 Å². The molecule has 0 heterocycles. The van der Waals surface area contributed by atoms with E-state index < -0.39 is 6.75 Å². The van der Waals surface area contributed by atoms with Crippen molar-refractivity contribution in [2.75, 3.05) is 0 Å². The summed E-state index contributed by atoms with van der Waals surface area (Å²) < 4.78 is 4.87. The Balaban J connectivity index is 0. The zero-order valence-corrected chi connectivity index (χ0v) is 8.03. The van der Waals surface area contributed by atoms with Gasteiger partial charge < -0.3 is 14.7 Å². The van der Waals surface area contributed by atoms with Crippen molar-refractivity contribution in [3.05, 3.63) is 7.43 Å². The van der Waals surface area contributed by atoms with E-state index in [-0.39, 0.29) is 19.3 Å². The lowest BCUT2D eigenvalue weighted by atomic mass is 9.66. The van der Waals surface area contributed by atoms with E-state index in [4.69, 9.17) is 14.7 Å². The first-order valence-corrected chi connectivity index (χ1v) is 3.63. The van der Waals surface area contributed by atoms with E-state index in [0.29, 0.717) is 0 Å². The van der Waals surface area contributed by atoms with Gasteiger partial charge in [-0.1, -0.05) is 19.7 Å². The highest BCUT2D eigenvalue weighted by atomic mass is 16.6. The van der Waals surface area contributed by atoms with Gasteiger partial charge in [-0.15, -0.1) is 0 Å². The molecule has 0 aromatic carbocycles. The van der Waals surface area contributed by atoms with Crippen molar-refractivity contribution in [1.82, 2.24) is 0 Å². The predicted molar refractivity (Wildman–Crippen MR) is 47.9 cm³/mol. The van der Waals surface area contributed by atoms with Gasteiger partial charge in [-0.2, -0.15) is 0 Å². The zero-order valence-electron chi connectivity index (χ0n) is 8.03. The first kappa shape index (κ1) is 13.4. The molecular formula is C7H19BO3. The van der Waals surface area contributed by atoms with E-state index >= 15 is 0 Å². The Kier molecular flexibility index (Phi) is 5.66. The lowest BCUT2D eigenvalue weighted by Crippen LogP contribution is -2.44. The fraction of sp³-hybridized carbons (Fsp3) is 0.857. The summed E-state index contributed by atoms with van der Waals surface area (Å²) in [6.45, 7) is 4.37. The van der Waals surface area contributed by atoms with Gasteiger partial charge in [0, 0.05) is 13.5 Å². The van der Waals surface area contributed by atoms with E-state index in [9.17, 15) is 0 Å². The summed E-state index contributed by atoms with van der Waals surface area (Å²) in [6.07, 6.45) is -0.141. The molecule has 3 nitrogen and oxygen atoms in total. The van der Waals surface area contributed by atoms with Crippen LogP contribution in [0.15, 0.2) is 0 Å². The molecule has 0 aromatic heterocycles. The second kappa shape index (κ2) is 4.64. The predicted octanol–water partition coefficient (Wildman–Crippen LogP) is 1.20. The van der Waals surface area contributed by atoms with Crippen LogP contribution in [0.4, 0.5) is 0 Å². The highest BCUT2D eigenvalue weighted by Gasteiger charge is 2.25. The zero-order chi connectivity index (χ0) is 8.36. The fourth-order valence-electron chi connectivity index (χ4n) is 0.558. The van der Waals surface area contributed by atoms with Crippen LogP contribution >= 0.6 is 0 Å². The Hall–Kier alpha value is -0.185. The van der Waals surface area contributed by atoms with Crippen molar-refractivity contribution in [1.29, 1.82) is 0 Å². The summed E-state index contributed by atoms with van der Waals surface area (Å²) in [4.78, 5) is 0. The van der Waals surface area contributed by atoms with Crippen molar-refractivity contribution in [2.24, 2.45) is 0 Å². The summed E-state index contributed by atoms with van der Waals surface area (Å²) in [7, 11) is 0. The third-order valence-corrected chi connectivity index (χ3v) is 1.34. The van der Waals surface area contributed by atoms with Crippen LogP contribution in [0, 0.1) is 7.43 Å². The van der Waals surface area contributed by atoms with E-state index in [1.165, 1.54) is 0 Å². The van der Waals surface area contributed by atoms with Gasteiger partial charge >= 0.3 is 6.75 Å². The first-order chi connectivity index (χ1) is 4.36. The maximum Gasteiger partial charge on any atom is 0.376 e. The number of hydrogen-bond acceptors (Lipinski definition) is 3. The minimum Gasteiger partial charge on any atom is -0.559 e. The molecule has 0 saturated heterocycles. The second-order valence-corrected chi connectivity index (χ2v) is 3.19. The Morgan fingerprint density at radius 2 is 1.45 bits per heavy atom. The Morgan fingerprint density at radius 1 is 1.09 bits per heavy atom. The van der Waals surface area contributed by atoms with Crippen LogP contribution in [0.3, 0.4) is 0 Å². The average molecular weight is 162 g/mol. The minimum absolute atomic E-state index is 0. The van der Waals surface area contributed by atoms with Crippen LogP contribution in [0.1, 0.15) is 27.7 Å². The smallest absolute Gasteiger partial charge is 0.376 e. The molecule has 0 radical (unpaired) electrons. The van der Waals surface area contributed by atoms with Crippen molar-refractivity contribution in [2.45, 2.75) is 39.6 Å². The highest BCUT2D eigenvalue weighted by Crippen LogP contribution is 2.16. The topological polar surface area (TPSA) is 49.7 Å². The fourth-order valence-corrected chi connectivity index (χ4v) is 0.558. The van der Waals surface area contributed by atoms with Crippen LogP contribution in [-0.4, -0.2) is 22.9 Å². The molecule has 0 aliphatic carbocycles. The lowest BCUT2D eigenvalue weighted by molar-refractivity contribution is 0.101. The third-order valence-electron chi connectivity index (χ3n) is 1.34. The summed E-state index contributed by atoms with van der Waals surface area (Å²) in [5, 5.41) is 18.3. The second-order valence-electron chi connectivity index (χ2n) is 3.19. The molecule has 0 rings (SSSR count). The minimum atomic E-state index is -2.59. The Labute approximate surface area is 69.4 Å². The van der Waals surface area contributed by atoms with Crippen LogP contribution in [0.5, 0.6) is 0 Å². The molecule has 0 saturated carbocycles. The Bertz CT molecular complexity index is 102. The largest absolute Gasteiger partial charge is 0.559 e. The quantitative estimate of drug-likeness (QED) is 0.484. The molecular weight excluding hydrogens is 143 g/mol. The summed E-state index contributed by atoms with van der Waals surface area (Å²) in [5.41, 5.74) is 0. The van der Waals surface area contributed by atoms with E-state index in [0.717, 1.165) is 0 Å². The normalized spacial score (nSPS) is 12.0. The van der Waals surface area contributed by atoms with Gasteiger partial charge in [0.05, 0.1) is 0 Å². The standard InChI is InChI=1S/C6H16BO3.CH3/c1-5(2)7(8,9)10-6(3)4;/h5-6,8-9H,1-4H3;1H3/q-1;+1. The van der Waals surface area contributed by atoms with Gasteiger partial charge in [-0.3, -0.25) is 0 Å². The molecule has 0 unspecified atom stereocenters. The van der Waals surface area contributed by atoms with Gasteiger partial charge in [0.15, 0.2) is 0 Å². The van der Waals surface area contributed by atoms with Gasteiger partial charge in [0.25, 0.3) is 0 Å². The SMILES string of the molecule is CC(C)O[B-](O)(O)C(C)C.[CH3+]. The highest BCUT2D eigenvalue weighted by molar-refractivity contribution is 6.59. The summed E-state index contributed by atoms with van der Waals surface area (Å²) >= 11 is 0. The molecule has 0 aromatic rings. The molecule has 0 spiro atoms. The first-order valence-electron chi connectivity index (χ1n) is 3.63. The molecule has 0 atom stereocenters. The van der Waals surface area contributed by atoms with Crippen molar-refractivity contribution in [3.8, 4) is 0 Å². The van der Waals surface area contributed by atoms with E-state index in [1.807, 2.05) is 0 Å². The van der Waals surface area contributed by atoms with Crippen molar-refractivity contribution >= 4 is 6.75 Å². The maximum atomic E-state index is 9.16. The van der Waals surface area contributed by atoms with E-state index in [2.05, 4.69) is 0 Å². The van der Waals surface area contributed by atoms with Gasteiger partial charge in [0.1, 0.15) is 0 Å². The molecule has 0 aliphatic rings. The summed E-state index contributed by atoms with van der Waals surface area (Å²) in [6, 6.07) is 0. The van der Waals surface area contributed by atoms with Gasteiger partial charge in [-0.05, 0) is 13.8 Å². The lowest BCUT2D eigenvalue weighted by Gasteiger charge is -2.35. The maximum absolute atomic E-state index is 9.16. The molecule has 0 amide bonds. The Morgan fingerprint density at radius 3 is 1.55 bits per heavy atom. The number of rotatable bonds is 3. The molecule has 11 heavy (non-hydrogen) atoms. The average Bonchev–Trinajstić information content (AvgIpc) is 1.60. The van der Waals surface area contributed by atoms with Crippen LogP contribution in [0.2, 0.25) is 5.82 Å². The number of hydrogen-bond donors (Lipinski definition) is 2. The summed E-state index contributed by atoms with van der Waals surface area (Å²) in [5.74, 6) is -0.248.